The van der Waals surface area contributed by atoms with E-state index in [1.54, 1.807) is 6.07 Å². The Bertz CT molecular complexity index is 414. The number of halogens is 1. The molecule has 1 aliphatic rings. The predicted octanol–water partition coefficient (Wildman–Crippen LogP) is 2.53. The van der Waals surface area contributed by atoms with Crippen LogP contribution in [0.5, 0.6) is 0 Å². The largest absolute Gasteiger partial charge is 0.385 e. The smallest absolute Gasteiger partial charge is 0.251 e. The lowest BCUT2D eigenvalue weighted by Gasteiger charge is -2.12. The van der Waals surface area contributed by atoms with Crippen molar-refractivity contribution in [3.63, 3.8) is 0 Å². The molecule has 3 nitrogen and oxygen atoms in total. The Morgan fingerprint density at radius 2 is 2.12 bits per heavy atom. The summed E-state index contributed by atoms with van der Waals surface area (Å²) >= 11 is 0. The summed E-state index contributed by atoms with van der Waals surface area (Å²) in [5, 5.41) is 3.23. The molecule has 1 aromatic rings. The van der Waals surface area contributed by atoms with Crippen molar-refractivity contribution in [2.24, 2.45) is 11.7 Å². The standard InChI is InChI=1S/C13H17FN2O/c14-12-6-5-10(7-11(12)13(15)17)16-8-9-3-1-2-4-9/h5-7,9,16H,1-4,8H2,(H2,15,17). The van der Waals surface area contributed by atoms with E-state index >= 15 is 0 Å². The molecule has 1 amide bonds. The van der Waals surface area contributed by atoms with Crippen LogP contribution in [0.1, 0.15) is 36.0 Å². The van der Waals surface area contributed by atoms with Gasteiger partial charge in [0.25, 0.3) is 5.91 Å². The highest BCUT2D eigenvalue weighted by Crippen LogP contribution is 2.25. The van der Waals surface area contributed by atoms with Crippen LogP contribution < -0.4 is 11.1 Å². The third-order valence-corrected chi connectivity index (χ3v) is 3.30. The van der Waals surface area contributed by atoms with E-state index in [1.807, 2.05) is 0 Å². The van der Waals surface area contributed by atoms with Crippen LogP contribution in [-0.2, 0) is 0 Å². The van der Waals surface area contributed by atoms with Gasteiger partial charge in [-0.25, -0.2) is 4.39 Å². The van der Waals surface area contributed by atoms with Crippen molar-refractivity contribution in [1.82, 2.24) is 0 Å². The van der Waals surface area contributed by atoms with Gasteiger partial charge >= 0.3 is 0 Å². The molecule has 17 heavy (non-hydrogen) atoms. The van der Waals surface area contributed by atoms with E-state index < -0.39 is 11.7 Å². The molecule has 0 unspecified atom stereocenters. The summed E-state index contributed by atoms with van der Waals surface area (Å²) in [6.07, 6.45) is 5.08. The number of hydrogen-bond donors (Lipinski definition) is 2. The van der Waals surface area contributed by atoms with E-state index in [2.05, 4.69) is 5.32 Å². The number of carbonyl (C=O) groups excluding carboxylic acids is 1. The van der Waals surface area contributed by atoms with Crippen LogP contribution in [0.25, 0.3) is 0 Å². The molecule has 0 radical (unpaired) electrons. The van der Waals surface area contributed by atoms with E-state index in [9.17, 15) is 9.18 Å². The second-order valence-corrected chi connectivity index (χ2v) is 4.59. The quantitative estimate of drug-likeness (QED) is 0.844. The molecule has 1 aliphatic carbocycles. The highest BCUT2D eigenvalue weighted by Gasteiger charge is 2.15. The van der Waals surface area contributed by atoms with Crippen molar-refractivity contribution >= 4 is 11.6 Å². The maximum atomic E-state index is 13.2. The Morgan fingerprint density at radius 1 is 1.41 bits per heavy atom. The van der Waals surface area contributed by atoms with E-state index in [1.165, 1.54) is 37.8 Å². The van der Waals surface area contributed by atoms with E-state index in [-0.39, 0.29) is 5.56 Å². The lowest BCUT2D eigenvalue weighted by molar-refractivity contribution is 0.0996. The molecule has 0 aromatic heterocycles. The Labute approximate surface area is 100 Å². The van der Waals surface area contributed by atoms with Crippen molar-refractivity contribution < 1.29 is 9.18 Å². The van der Waals surface area contributed by atoms with Gasteiger partial charge in [0.05, 0.1) is 5.56 Å². The van der Waals surface area contributed by atoms with Gasteiger partial charge in [0.1, 0.15) is 5.82 Å². The molecule has 0 heterocycles. The monoisotopic (exact) mass is 236 g/mol. The molecule has 3 N–H and O–H groups in total. The fourth-order valence-electron chi connectivity index (χ4n) is 2.30. The lowest BCUT2D eigenvalue weighted by atomic mass is 10.1. The van der Waals surface area contributed by atoms with Gasteiger partial charge in [-0.1, -0.05) is 12.8 Å². The fourth-order valence-corrected chi connectivity index (χ4v) is 2.30. The van der Waals surface area contributed by atoms with Crippen LogP contribution in [0.4, 0.5) is 10.1 Å². The molecule has 0 bridgehead atoms. The number of hydrogen-bond acceptors (Lipinski definition) is 2. The molecular formula is C13H17FN2O. The average molecular weight is 236 g/mol. The minimum absolute atomic E-state index is 0.0542. The summed E-state index contributed by atoms with van der Waals surface area (Å²) in [5.74, 6) is -0.604. The Hall–Kier alpha value is -1.58. The lowest BCUT2D eigenvalue weighted by Crippen LogP contribution is -2.15. The van der Waals surface area contributed by atoms with Gasteiger partial charge in [-0.2, -0.15) is 0 Å². The third kappa shape index (κ3) is 2.96. The molecule has 1 aromatic carbocycles. The topological polar surface area (TPSA) is 55.1 Å². The first-order valence-electron chi connectivity index (χ1n) is 6.00. The van der Waals surface area contributed by atoms with Crippen LogP contribution in [0.3, 0.4) is 0 Å². The number of primary amides is 1. The minimum Gasteiger partial charge on any atom is -0.385 e. The Morgan fingerprint density at radius 3 is 2.76 bits per heavy atom. The van der Waals surface area contributed by atoms with Crippen molar-refractivity contribution in [3.8, 4) is 0 Å². The Balaban J connectivity index is 2.00. The molecule has 0 aliphatic heterocycles. The normalized spacial score (nSPS) is 16.1. The van der Waals surface area contributed by atoms with Crippen LogP contribution in [0, 0.1) is 11.7 Å². The highest BCUT2D eigenvalue weighted by molar-refractivity contribution is 5.94. The van der Waals surface area contributed by atoms with Crippen molar-refractivity contribution in [3.05, 3.63) is 29.6 Å². The summed E-state index contributed by atoms with van der Waals surface area (Å²) in [5.41, 5.74) is 5.80. The average Bonchev–Trinajstić information content (AvgIpc) is 2.80. The van der Waals surface area contributed by atoms with Gasteiger partial charge in [0, 0.05) is 12.2 Å². The van der Waals surface area contributed by atoms with Gasteiger partial charge < -0.3 is 11.1 Å². The van der Waals surface area contributed by atoms with E-state index in [0.717, 1.165) is 12.2 Å². The second kappa shape index (κ2) is 5.17. The van der Waals surface area contributed by atoms with Crippen LogP contribution in [-0.4, -0.2) is 12.5 Å². The summed E-state index contributed by atoms with van der Waals surface area (Å²) in [6.45, 7) is 0.879. The van der Waals surface area contributed by atoms with Crippen molar-refractivity contribution in [2.75, 3.05) is 11.9 Å². The van der Waals surface area contributed by atoms with Gasteiger partial charge in [-0.3, -0.25) is 4.79 Å². The van der Waals surface area contributed by atoms with Crippen LogP contribution in [0.15, 0.2) is 18.2 Å². The fraction of sp³-hybridized carbons (Fsp3) is 0.462. The molecule has 0 saturated heterocycles. The minimum atomic E-state index is -0.730. The highest BCUT2D eigenvalue weighted by atomic mass is 19.1. The molecule has 1 fully saturated rings. The molecule has 0 spiro atoms. The zero-order chi connectivity index (χ0) is 12.3. The zero-order valence-electron chi connectivity index (χ0n) is 9.71. The summed E-state index contributed by atoms with van der Waals surface area (Å²) < 4.78 is 13.2. The maximum Gasteiger partial charge on any atom is 0.251 e. The molecular weight excluding hydrogens is 219 g/mol. The van der Waals surface area contributed by atoms with Crippen LogP contribution >= 0.6 is 0 Å². The van der Waals surface area contributed by atoms with Gasteiger partial charge in [-0.05, 0) is 37.0 Å². The summed E-state index contributed by atoms with van der Waals surface area (Å²) in [6, 6.07) is 4.39. The van der Waals surface area contributed by atoms with E-state index in [0.29, 0.717) is 5.92 Å². The van der Waals surface area contributed by atoms with E-state index in [4.69, 9.17) is 5.73 Å². The number of amides is 1. The molecule has 2 rings (SSSR count). The first kappa shape index (κ1) is 11.9. The van der Waals surface area contributed by atoms with Crippen molar-refractivity contribution in [1.29, 1.82) is 0 Å². The number of rotatable bonds is 4. The molecule has 1 saturated carbocycles. The number of nitrogens with one attached hydrogen (secondary N) is 1. The Kier molecular flexibility index (Phi) is 3.61. The van der Waals surface area contributed by atoms with Crippen molar-refractivity contribution in [2.45, 2.75) is 25.7 Å². The summed E-state index contributed by atoms with van der Waals surface area (Å²) in [4.78, 5) is 11.0. The van der Waals surface area contributed by atoms with Gasteiger partial charge in [0.15, 0.2) is 0 Å². The SMILES string of the molecule is NC(=O)c1cc(NCC2CCCC2)ccc1F. The number of benzene rings is 1. The summed E-state index contributed by atoms with van der Waals surface area (Å²) in [7, 11) is 0. The first-order chi connectivity index (χ1) is 8.16. The third-order valence-electron chi connectivity index (χ3n) is 3.30. The van der Waals surface area contributed by atoms with Gasteiger partial charge in [-0.15, -0.1) is 0 Å². The number of carbonyl (C=O) groups is 1. The number of nitrogens with two attached hydrogens (primary N) is 1. The number of anilines is 1. The van der Waals surface area contributed by atoms with Crippen LogP contribution in [0.2, 0.25) is 0 Å². The first-order valence-corrected chi connectivity index (χ1v) is 6.00. The second-order valence-electron chi connectivity index (χ2n) is 4.59. The molecule has 4 heteroatoms. The molecule has 92 valence electrons. The van der Waals surface area contributed by atoms with Gasteiger partial charge in [0.2, 0.25) is 0 Å². The predicted molar refractivity (Wildman–Crippen MR) is 65.4 cm³/mol. The molecule has 0 atom stereocenters. The zero-order valence-corrected chi connectivity index (χ0v) is 9.71. The maximum absolute atomic E-state index is 13.2.